The average molecular weight is 699 g/mol. The van der Waals surface area contributed by atoms with Gasteiger partial charge in [-0.15, -0.1) is 0 Å². The number of amides is 4. The maximum Gasteiger partial charge on any atom is 0.407 e. The van der Waals surface area contributed by atoms with E-state index in [1.54, 1.807) is 7.05 Å². The van der Waals surface area contributed by atoms with Gasteiger partial charge in [0.05, 0.1) is 24.4 Å². The van der Waals surface area contributed by atoms with Crippen LogP contribution in [0.4, 0.5) is 9.59 Å². The van der Waals surface area contributed by atoms with Crippen LogP contribution in [0.1, 0.15) is 68.1 Å². The highest BCUT2D eigenvalue weighted by Crippen LogP contribution is 2.16. The Hall–Kier alpha value is -5.20. The number of oxazole rings is 1. The van der Waals surface area contributed by atoms with Crippen LogP contribution in [-0.4, -0.2) is 64.8 Å². The van der Waals surface area contributed by atoms with E-state index in [0.29, 0.717) is 18.0 Å². The van der Waals surface area contributed by atoms with Gasteiger partial charge in [0.25, 0.3) is 0 Å². The number of ether oxygens (including phenoxy) is 1. The first-order valence-electron chi connectivity index (χ1n) is 17.2. The molecule has 0 radical (unpaired) electrons. The predicted molar refractivity (Wildman–Crippen MR) is 194 cm³/mol. The molecule has 0 spiro atoms. The summed E-state index contributed by atoms with van der Waals surface area (Å²) in [5.74, 6) is 0.0551. The van der Waals surface area contributed by atoms with Crippen LogP contribution < -0.4 is 21.3 Å². The summed E-state index contributed by atoms with van der Waals surface area (Å²) >= 11 is 0. The highest BCUT2D eigenvalue weighted by molar-refractivity contribution is 5.87. The topological polar surface area (TPSA) is 158 Å². The van der Waals surface area contributed by atoms with Crippen LogP contribution in [0.2, 0.25) is 0 Å². The third-order valence-electron chi connectivity index (χ3n) is 8.27. The molecule has 0 bridgehead atoms. The van der Waals surface area contributed by atoms with E-state index in [1.807, 2.05) is 119 Å². The smallest absolute Gasteiger partial charge is 0.407 e. The van der Waals surface area contributed by atoms with Crippen LogP contribution >= 0.6 is 0 Å². The molecule has 0 saturated heterocycles. The van der Waals surface area contributed by atoms with E-state index in [9.17, 15) is 19.5 Å². The van der Waals surface area contributed by atoms with Crippen LogP contribution in [0.15, 0.2) is 102 Å². The third-order valence-corrected chi connectivity index (χ3v) is 8.27. The number of hydrogen-bond acceptors (Lipinski definition) is 8. The largest absolute Gasteiger partial charge is 0.448 e. The van der Waals surface area contributed by atoms with Crippen molar-refractivity contribution in [1.82, 2.24) is 31.2 Å². The van der Waals surface area contributed by atoms with Crippen LogP contribution in [0.25, 0.3) is 0 Å². The molecule has 4 rings (SSSR count). The molecule has 12 nitrogen and oxygen atoms in total. The fraction of sp³-hybridized carbons (Fsp3) is 0.385. The van der Waals surface area contributed by atoms with E-state index in [4.69, 9.17) is 9.15 Å². The van der Waals surface area contributed by atoms with Crippen molar-refractivity contribution in [3.63, 3.8) is 0 Å². The summed E-state index contributed by atoms with van der Waals surface area (Å²) in [4.78, 5) is 45.7. The van der Waals surface area contributed by atoms with Gasteiger partial charge in [0.1, 0.15) is 25.1 Å². The number of rotatable bonds is 17. The van der Waals surface area contributed by atoms with Crippen molar-refractivity contribution in [3.8, 4) is 0 Å². The van der Waals surface area contributed by atoms with Gasteiger partial charge >= 0.3 is 12.1 Å². The summed E-state index contributed by atoms with van der Waals surface area (Å²) in [5.41, 5.74) is 3.11. The standard InChI is InChI=1S/C39H50N6O6/c1-26(2)34(43-38(48)45(5)23-31-25-50-37(41-31)27(3)4)36(47)44-35(30-19-13-8-14-20-30)40-22-33(46)32(21-28-15-9-6-10-16-28)42-39(49)51-24-29-17-11-7-12-18-29/h6-20,25-27,32-35,40,46H,21-24H2,1-5H3,(H,42,49)(H,43,48)(H,44,47)/t32-,33-,34?,35?/m0/s1. The number of aliphatic hydroxyl groups is 1. The second-order valence-electron chi connectivity index (χ2n) is 13.2. The molecule has 1 aromatic heterocycles. The Morgan fingerprint density at radius 2 is 1.45 bits per heavy atom. The van der Waals surface area contributed by atoms with E-state index in [1.165, 1.54) is 11.2 Å². The number of aromatic nitrogens is 1. The first kappa shape index (κ1) is 38.6. The second-order valence-corrected chi connectivity index (χ2v) is 13.2. The zero-order valence-corrected chi connectivity index (χ0v) is 29.9. The van der Waals surface area contributed by atoms with E-state index in [0.717, 1.165) is 16.7 Å². The normalized spacial score (nSPS) is 13.6. The summed E-state index contributed by atoms with van der Waals surface area (Å²) in [6.07, 6.45) is -0.578. The Balaban J connectivity index is 1.42. The highest BCUT2D eigenvalue weighted by atomic mass is 16.5. The summed E-state index contributed by atoms with van der Waals surface area (Å²) in [6, 6.07) is 26.1. The number of benzene rings is 3. The molecule has 0 saturated carbocycles. The average Bonchev–Trinajstić information content (AvgIpc) is 3.61. The van der Waals surface area contributed by atoms with Crippen LogP contribution in [0.3, 0.4) is 0 Å². The molecule has 3 aromatic carbocycles. The SMILES string of the molecule is CC(C)c1nc(CN(C)C(=O)NC(C(=O)NC(NC[C@H](O)[C@H](Cc2ccccc2)NC(=O)OCc2ccccc2)c2ccccc2)C(C)C)co1. The molecule has 5 N–H and O–H groups in total. The van der Waals surface area contributed by atoms with Gasteiger partial charge in [0.2, 0.25) is 5.91 Å². The van der Waals surface area contributed by atoms with Gasteiger partial charge in [-0.05, 0) is 29.0 Å². The lowest BCUT2D eigenvalue weighted by Crippen LogP contribution is -2.55. The monoisotopic (exact) mass is 698 g/mol. The number of carbonyl (C=O) groups is 3. The fourth-order valence-electron chi connectivity index (χ4n) is 5.33. The lowest BCUT2D eigenvalue weighted by molar-refractivity contribution is -0.125. The number of aliphatic hydroxyl groups excluding tert-OH is 1. The lowest BCUT2D eigenvalue weighted by Gasteiger charge is -2.30. The van der Waals surface area contributed by atoms with Gasteiger partial charge in [0.15, 0.2) is 5.89 Å². The minimum absolute atomic E-state index is 0.00775. The maximum atomic E-state index is 13.8. The minimum atomic E-state index is -1.07. The highest BCUT2D eigenvalue weighted by Gasteiger charge is 2.29. The number of urea groups is 1. The quantitative estimate of drug-likeness (QED) is 0.0934. The zero-order valence-electron chi connectivity index (χ0n) is 29.9. The molecule has 4 aromatic rings. The van der Waals surface area contributed by atoms with Crippen molar-refractivity contribution in [2.75, 3.05) is 13.6 Å². The van der Waals surface area contributed by atoms with E-state index in [-0.39, 0.29) is 31.5 Å². The first-order chi connectivity index (χ1) is 24.5. The van der Waals surface area contributed by atoms with Crippen LogP contribution in [0.5, 0.6) is 0 Å². The van der Waals surface area contributed by atoms with Gasteiger partial charge < -0.3 is 35.1 Å². The van der Waals surface area contributed by atoms with Crippen molar-refractivity contribution in [1.29, 1.82) is 0 Å². The van der Waals surface area contributed by atoms with Gasteiger partial charge in [-0.1, -0.05) is 119 Å². The van der Waals surface area contributed by atoms with Crippen molar-refractivity contribution < 1.29 is 28.6 Å². The summed E-state index contributed by atoms with van der Waals surface area (Å²) in [7, 11) is 1.63. The van der Waals surface area contributed by atoms with Gasteiger partial charge in [-0.3, -0.25) is 10.1 Å². The molecular formula is C39H50N6O6. The Bertz CT molecular complexity index is 1650. The molecule has 1 heterocycles. The third kappa shape index (κ3) is 12.3. The number of nitrogens with one attached hydrogen (secondary N) is 4. The predicted octanol–water partition coefficient (Wildman–Crippen LogP) is 5.27. The van der Waals surface area contributed by atoms with E-state index < -0.39 is 42.4 Å². The summed E-state index contributed by atoms with van der Waals surface area (Å²) in [6.45, 7) is 7.95. The van der Waals surface area contributed by atoms with Crippen molar-refractivity contribution in [2.24, 2.45) is 5.92 Å². The molecule has 0 aliphatic rings. The Kier molecular flexibility index (Phi) is 14.6. The molecule has 0 aliphatic carbocycles. The molecule has 4 amide bonds. The summed E-state index contributed by atoms with van der Waals surface area (Å²) < 4.78 is 10.9. The Morgan fingerprint density at radius 1 is 0.843 bits per heavy atom. The fourth-order valence-corrected chi connectivity index (χ4v) is 5.33. The molecule has 4 atom stereocenters. The number of alkyl carbamates (subject to hydrolysis) is 1. The van der Waals surface area contributed by atoms with Gasteiger partial charge in [-0.25, -0.2) is 14.6 Å². The molecule has 2 unspecified atom stereocenters. The Labute approximate surface area is 300 Å². The van der Waals surface area contributed by atoms with Crippen LogP contribution in [0, 0.1) is 5.92 Å². The van der Waals surface area contributed by atoms with Crippen molar-refractivity contribution in [3.05, 3.63) is 126 Å². The summed E-state index contributed by atoms with van der Waals surface area (Å²) in [5, 5.41) is 23.4. The number of nitrogens with zero attached hydrogens (tertiary/aromatic N) is 2. The van der Waals surface area contributed by atoms with Crippen LogP contribution in [-0.2, 0) is 29.1 Å². The maximum absolute atomic E-state index is 13.8. The Morgan fingerprint density at radius 3 is 2.04 bits per heavy atom. The van der Waals surface area contributed by atoms with E-state index in [2.05, 4.69) is 26.3 Å². The molecule has 0 fully saturated rings. The van der Waals surface area contributed by atoms with Crippen molar-refractivity contribution in [2.45, 2.75) is 77.5 Å². The van der Waals surface area contributed by atoms with Gasteiger partial charge in [0, 0.05) is 19.5 Å². The number of carbonyl (C=O) groups excluding carboxylic acids is 3. The van der Waals surface area contributed by atoms with E-state index >= 15 is 0 Å². The lowest BCUT2D eigenvalue weighted by atomic mass is 10.0. The molecular weight excluding hydrogens is 648 g/mol. The first-order valence-corrected chi connectivity index (χ1v) is 17.2. The molecule has 0 aliphatic heterocycles. The zero-order chi connectivity index (χ0) is 36.8. The minimum Gasteiger partial charge on any atom is -0.448 e. The molecule has 51 heavy (non-hydrogen) atoms. The molecule has 12 heteroatoms. The van der Waals surface area contributed by atoms with Crippen molar-refractivity contribution >= 4 is 18.0 Å². The van der Waals surface area contributed by atoms with Gasteiger partial charge in [-0.2, -0.15) is 0 Å². The molecule has 272 valence electrons. The number of hydrogen-bond donors (Lipinski definition) is 5. The second kappa shape index (κ2) is 19.3.